The van der Waals surface area contributed by atoms with Crippen LogP contribution in [0.2, 0.25) is 5.02 Å². The van der Waals surface area contributed by atoms with Crippen molar-refractivity contribution in [2.45, 2.75) is 19.9 Å². The minimum absolute atomic E-state index is 0.0674. The maximum absolute atomic E-state index is 13.1. The van der Waals surface area contributed by atoms with E-state index in [1.807, 2.05) is 0 Å². The van der Waals surface area contributed by atoms with Gasteiger partial charge in [-0.05, 0) is 23.6 Å². The third-order valence-corrected chi connectivity index (χ3v) is 4.51. The van der Waals surface area contributed by atoms with Crippen molar-refractivity contribution in [2.75, 3.05) is 12.3 Å². The number of nitrogens with zero attached hydrogens (tertiary/aromatic N) is 1. The maximum atomic E-state index is 13.1. The molecule has 1 fully saturated rings. The van der Waals surface area contributed by atoms with Crippen molar-refractivity contribution in [3.63, 3.8) is 0 Å². The third kappa shape index (κ3) is 3.96. The van der Waals surface area contributed by atoms with E-state index in [0.29, 0.717) is 25.3 Å². The maximum Gasteiger partial charge on any atom is 0.223 e. The van der Waals surface area contributed by atoms with Gasteiger partial charge in [0.05, 0.1) is 5.02 Å². The Kier molecular flexibility index (Phi) is 5.05. The van der Waals surface area contributed by atoms with Crippen LogP contribution in [0.15, 0.2) is 18.2 Å². The molecule has 1 heterocycles. The van der Waals surface area contributed by atoms with E-state index in [0.717, 1.165) is 5.56 Å². The van der Waals surface area contributed by atoms with Crippen LogP contribution in [0.1, 0.15) is 18.9 Å². The monoisotopic (exact) mass is 315 g/mol. The van der Waals surface area contributed by atoms with Crippen molar-refractivity contribution < 1.29 is 14.0 Å². The van der Waals surface area contributed by atoms with Crippen molar-refractivity contribution in [3.8, 4) is 0 Å². The number of hydrogen-bond donors (Lipinski definition) is 0. The molecule has 1 unspecified atom stereocenters. The highest BCUT2D eigenvalue weighted by atomic mass is 35.5. The Bertz CT molecular complexity index is 538. The molecule has 1 amide bonds. The number of hydrogen-bond acceptors (Lipinski definition) is 3. The standard InChI is InChI=1S/C14H15ClFNO2S/c1-9(18)20-8-11-5-14(19)17(7-11)6-10-2-3-13(16)12(15)4-10/h2-4,11H,5-8H2,1H3. The summed E-state index contributed by atoms with van der Waals surface area (Å²) in [7, 11) is 0. The van der Waals surface area contributed by atoms with Gasteiger partial charge >= 0.3 is 0 Å². The van der Waals surface area contributed by atoms with Crippen LogP contribution in [0.3, 0.4) is 0 Å². The second-order valence-electron chi connectivity index (χ2n) is 4.90. The van der Waals surface area contributed by atoms with Gasteiger partial charge in [0.25, 0.3) is 0 Å². The highest BCUT2D eigenvalue weighted by molar-refractivity contribution is 8.13. The Morgan fingerprint density at radius 1 is 1.55 bits per heavy atom. The van der Waals surface area contributed by atoms with Gasteiger partial charge in [-0.2, -0.15) is 0 Å². The van der Waals surface area contributed by atoms with Gasteiger partial charge < -0.3 is 4.90 Å². The van der Waals surface area contributed by atoms with Crippen LogP contribution in [0.25, 0.3) is 0 Å². The summed E-state index contributed by atoms with van der Waals surface area (Å²) in [6.45, 7) is 2.59. The average molecular weight is 316 g/mol. The molecule has 108 valence electrons. The van der Waals surface area contributed by atoms with Crippen molar-refractivity contribution in [1.82, 2.24) is 4.90 Å². The van der Waals surface area contributed by atoms with Gasteiger partial charge in [0.2, 0.25) is 5.91 Å². The van der Waals surface area contributed by atoms with Crippen molar-refractivity contribution >= 4 is 34.4 Å². The second kappa shape index (κ2) is 6.59. The zero-order chi connectivity index (χ0) is 14.7. The van der Waals surface area contributed by atoms with Gasteiger partial charge in [0.1, 0.15) is 5.82 Å². The lowest BCUT2D eigenvalue weighted by Crippen LogP contribution is -2.24. The van der Waals surface area contributed by atoms with E-state index in [-0.39, 0.29) is 22.0 Å². The number of halogens is 2. The molecule has 0 spiro atoms. The van der Waals surface area contributed by atoms with Gasteiger partial charge in [-0.1, -0.05) is 29.4 Å². The molecule has 0 radical (unpaired) electrons. The molecule has 1 aliphatic rings. The van der Waals surface area contributed by atoms with Crippen molar-refractivity contribution in [2.24, 2.45) is 5.92 Å². The minimum Gasteiger partial charge on any atom is -0.338 e. The Morgan fingerprint density at radius 3 is 2.95 bits per heavy atom. The Morgan fingerprint density at radius 2 is 2.30 bits per heavy atom. The Hall–Kier alpha value is -1.07. The molecule has 3 nitrogen and oxygen atoms in total. The van der Waals surface area contributed by atoms with Crippen LogP contribution in [0.4, 0.5) is 4.39 Å². The summed E-state index contributed by atoms with van der Waals surface area (Å²) in [5.41, 5.74) is 0.810. The summed E-state index contributed by atoms with van der Waals surface area (Å²) in [6.07, 6.45) is 0.467. The fraction of sp³-hybridized carbons (Fsp3) is 0.429. The first-order valence-corrected chi connectivity index (χ1v) is 7.67. The fourth-order valence-corrected chi connectivity index (χ4v) is 3.11. The van der Waals surface area contributed by atoms with Gasteiger partial charge in [0.15, 0.2) is 5.12 Å². The van der Waals surface area contributed by atoms with E-state index < -0.39 is 5.82 Å². The molecule has 1 aromatic rings. The quantitative estimate of drug-likeness (QED) is 0.857. The summed E-state index contributed by atoms with van der Waals surface area (Å²) < 4.78 is 13.1. The summed E-state index contributed by atoms with van der Waals surface area (Å²) in [5, 5.41) is 0.138. The van der Waals surface area contributed by atoms with Crippen LogP contribution in [0, 0.1) is 11.7 Å². The van der Waals surface area contributed by atoms with Gasteiger partial charge in [-0.25, -0.2) is 4.39 Å². The van der Waals surface area contributed by atoms with Crippen LogP contribution in [0.5, 0.6) is 0 Å². The summed E-state index contributed by atoms with van der Waals surface area (Å²) >= 11 is 6.98. The zero-order valence-corrected chi connectivity index (χ0v) is 12.6. The number of benzene rings is 1. The minimum atomic E-state index is -0.459. The first-order chi connectivity index (χ1) is 9.45. The largest absolute Gasteiger partial charge is 0.338 e. The molecule has 1 aromatic carbocycles. The molecule has 6 heteroatoms. The van der Waals surface area contributed by atoms with Crippen molar-refractivity contribution in [3.05, 3.63) is 34.6 Å². The highest BCUT2D eigenvalue weighted by Gasteiger charge is 2.29. The summed E-state index contributed by atoms with van der Waals surface area (Å²) in [4.78, 5) is 24.6. The first-order valence-electron chi connectivity index (χ1n) is 6.30. The average Bonchev–Trinajstić information content (AvgIpc) is 2.72. The van der Waals surface area contributed by atoms with Crippen LogP contribution < -0.4 is 0 Å². The lowest BCUT2D eigenvalue weighted by Gasteiger charge is -2.16. The molecule has 0 bridgehead atoms. The van der Waals surface area contributed by atoms with E-state index in [4.69, 9.17) is 11.6 Å². The lowest BCUT2D eigenvalue weighted by atomic mass is 10.1. The number of amides is 1. The molecule has 1 aliphatic heterocycles. The highest BCUT2D eigenvalue weighted by Crippen LogP contribution is 2.25. The van der Waals surface area contributed by atoms with E-state index in [2.05, 4.69) is 0 Å². The predicted molar refractivity (Wildman–Crippen MR) is 78.1 cm³/mol. The SMILES string of the molecule is CC(=O)SCC1CC(=O)N(Cc2ccc(F)c(Cl)c2)C1. The molecule has 0 N–H and O–H groups in total. The fourth-order valence-electron chi connectivity index (χ4n) is 2.21. The molecule has 0 aliphatic carbocycles. The molecular formula is C14H15ClFNO2S. The molecule has 2 rings (SSSR count). The molecular weight excluding hydrogens is 301 g/mol. The molecule has 1 saturated heterocycles. The first kappa shape index (κ1) is 15.3. The van der Waals surface area contributed by atoms with Crippen LogP contribution >= 0.6 is 23.4 Å². The van der Waals surface area contributed by atoms with Gasteiger partial charge in [-0.15, -0.1) is 0 Å². The number of thioether (sulfide) groups is 1. The number of rotatable bonds is 4. The van der Waals surface area contributed by atoms with E-state index in [9.17, 15) is 14.0 Å². The van der Waals surface area contributed by atoms with E-state index in [1.165, 1.54) is 24.8 Å². The molecule has 20 heavy (non-hydrogen) atoms. The molecule has 0 aromatic heterocycles. The normalized spacial score (nSPS) is 18.6. The predicted octanol–water partition coefficient (Wildman–Crippen LogP) is 3.11. The Balaban J connectivity index is 1.94. The van der Waals surface area contributed by atoms with Crippen molar-refractivity contribution in [1.29, 1.82) is 0 Å². The number of carbonyl (C=O) groups is 2. The molecule has 0 saturated carbocycles. The van der Waals surface area contributed by atoms with Crippen LogP contribution in [-0.4, -0.2) is 28.2 Å². The zero-order valence-electron chi connectivity index (χ0n) is 11.1. The van der Waals surface area contributed by atoms with Gasteiger partial charge in [-0.3, -0.25) is 9.59 Å². The van der Waals surface area contributed by atoms with E-state index in [1.54, 1.807) is 17.0 Å². The van der Waals surface area contributed by atoms with E-state index >= 15 is 0 Å². The second-order valence-corrected chi connectivity index (χ2v) is 6.50. The summed E-state index contributed by atoms with van der Waals surface area (Å²) in [6, 6.07) is 4.48. The number of likely N-dealkylation sites (tertiary alicyclic amines) is 1. The van der Waals surface area contributed by atoms with Crippen LogP contribution in [-0.2, 0) is 16.1 Å². The third-order valence-electron chi connectivity index (χ3n) is 3.17. The topological polar surface area (TPSA) is 37.4 Å². The smallest absolute Gasteiger partial charge is 0.223 e. The molecule has 1 atom stereocenters. The van der Waals surface area contributed by atoms with Gasteiger partial charge in [0, 0.05) is 32.2 Å². The Labute approximate surface area is 126 Å². The summed E-state index contributed by atoms with van der Waals surface area (Å²) in [5.74, 6) is 0.479. The lowest BCUT2D eigenvalue weighted by molar-refractivity contribution is -0.128. The number of carbonyl (C=O) groups excluding carboxylic acids is 2.